The van der Waals surface area contributed by atoms with Crippen molar-refractivity contribution >= 4 is 41.2 Å². The number of rotatable bonds is 7. The number of aryl methyl sites for hydroxylation is 2. The first-order valence-electron chi connectivity index (χ1n) is 10.9. The lowest BCUT2D eigenvalue weighted by molar-refractivity contribution is -0.150. The molecule has 0 saturated heterocycles. The highest BCUT2D eigenvalue weighted by atomic mass is 32.2. The summed E-state index contributed by atoms with van der Waals surface area (Å²) in [4.78, 5) is 49.8. The van der Waals surface area contributed by atoms with Crippen LogP contribution in [0.25, 0.3) is 0 Å². The third-order valence-corrected chi connectivity index (χ3v) is 6.54. The predicted molar refractivity (Wildman–Crippen MR) is 134 cm³/mol. The van der Waals surface area contributed by atoms with E-state index in [2.05, 4.69) is 16.7 Å². The molecule has 9 nitrogen and oxygen atoms in total. The second-order valence-electron chi connectivity index (χ2n) is 8.15. The van der Waals surface area contributed by atoms with Crippen LogP contribution in [0.1, 0.15) is 33.0 Å². The van der Waals surface area contributed by atoms with Crippen molar-refractivity contribution in [3.05, 3.63) is 75.3 Å². The number of nitrogens with zero attached hydrogens (tertiary/aromatic N) is 1. The van der Waals surface area contributed by atoms with Gasteiger partial charge in [0.15, 0.2) is 0 Å². The molecule has 0 aliphatic carbocycles. The van der Waals surface area contributed by atoms with E-state index in [1.165, 1.54) is 19.2 Å². The summed E-state index contributed by atoms with van der Waals surface area (Å²) < 4.78 is 9.53. The Morgan fingerprint density at radius 2 is 1.69 bits per heavy atom. The zero-order chi connectivity index (χ0) is 26.4. The summed E-state index contributed by atoms with van der Waals surface area (Å²) in [7, 11) is 2.41. The van der Waals surface area contributed by atoms with Crippen LogP contribution in [0, 0.1) is 31.1 Å². The minimum atomic E-state index is -1.32. The molecule has 0 saturated carbocycles. The lowest BCUT2D eigenvalue weighted by Crippen LogP contribution is -2.44. The summed E-state index contributed by atoms with van der Waals surface area (Å²) in [6.45, 7) is 3.85. The first kappa shape index (κ1) is 26.5. The number of esters is 2. The number of amides is 2. The Kier molecular flexibility index (Phi) is 8.51. The largest absolute Gasteiger partial charge is 0.468 e. The summed E-state index contributed by atoms with van der Waals surface area (Å²) in [5, 5.41) is 15.6. The summed E-state index contributed by atoms with van der Waals surface area (Å²) in [5.41, 5.74) is 3.50. The molecule has 0 radical (unpaired) electrons. The number of methoxy groups -OCH3 is 2. The molecule has 2 N–H and O–H groups in total. The average molecular weight is 508 g/mol. The van der Waals surface area contributed by atoms with Gasteiger partial charge in [-0.25, -0.2) is 4.79 Å². The molecule has 0 bridgehead atoms. The van der Waals surface area contributed by atoms with Gasteiger partial charge in [0, 0.05) is 11.6 Å². The fourth-order valence-corrected chi connectivity index (χ4v) is 4.85. The maximum Gasteiger partial charge on any atom is 0.337 e. The third kappa shape index (κ3) is 5.93. The Morgan fingerprint density at radius 3 is 2.25 bits per heavy atom. The van der Waals surface area contributed by atoms with Crippen molar-refractivity contribution in [3.63, 3.8) is 0 Å². The van der Waals surface area contributed by atoms with Gasteiger partial charge in [0.05, 0.1) is 42.2 Å². The lowest BCUT2D eigenvalue weighted by atomic mass is 9.78. The lowest BCUT2D eigenvalue weighted by Gasteiger charge is -2.31. The molecular weight excluding hydrogens is 482 g/mol. The van der Waals surface area contributed by atoms with Crippen molar-refractivity contribution in [1.82, 2.24) is 5.32 Å². The van der Waals surface area contributed by atoms with Gasteiger partial charge in [-0.1, -0.05) is 30.0 Å². The fourth-order valence-electron chi connectivity index (χ4n) is 4.01. The monoisotopic (exact) mass is 507 g/mol. The number of carbonyl (C=O) groups excluding carboxylic acids is 4. The zero-order valence-corrected chi connectivity index (χ0v) is 21.0. The molecule has 1 aliphatic heterocycles. The van der Waals surface area contributed by atoms with Crippen molar-refractivity contribution < 1.29 is 28.7 Å². The number of ether oxygens (including phenoxy) is 2. The molecule has 0 fully saturated rings. The van der Waals surface area contributed by atoms with Gasteiger partial charge in [-0.3, -0.25) is 14.4 Å². The number of benzene rings is 2. The minimum absolute atomic E-state index is 0.0787. The number of carbonyl (C=O) groups is 4. The Morgan fingerprint density at radius 1 is 1.06 bits per heavy atom. The van der Waals surface area contributed by atoms with Gasteiger partial charge < -0.3 is 20.1 Å². The van der Waals surface area contributed by atoms with E-state index in [0.717, 1.165) is 30.0 Å². The van der Waals surface area contributed by atoms with E-state index in [-0.39, 0.29) is 27.8 Å². The SMILES string of the molecule is COC(=O)c1ccc([C@@H]2C(C#N)=C(SCC(=O)Nc3cc(C)cc(C)c3)NC(=O)[C@@H]2C(=O)OC)cc1. The molecular formula is C26H25N3O6S. The van der Waals surface area contributed by atoms with E-state index < -0.39 is 29.7 Å². The quantitative estimate of drug-likeness (QED) is 0.431. The Balaban J connectivity index is 1.91. The number of nitrogens with one attached hydrogen (secondary N) is 2. The molecule has 186 valence electrons. The Bertz CT molecular complexity index is 1260. The standard InChI is InChI=1S/C26H25N3O6S/c1-14-9-15(2)11-18(10-14)28-20(30)13-36-24-19(12-27)21(22(23(31)29-24)26(33)35-4)16-5-7-17(8-6-16)25(32)34-3/h5-11,21-22H,13H2,1-4H3,(H,28,30)(H,29,31)/t21-,22-/m1/s1. The second kappa shape index (κ2) is 11.6. The zero-order valence-electron chi connectivity index (χ0n) is 20.2. The highest BCUT2D eigenvalue weighted by Gasteiger charge is 2.44. The maximum atomic E-state index is 12.9. The van der Waals surface area contributed by atoms with E-state index in [0.29, 0.717) is 11.3 Å². The first-order chi connectivity index (χ1) is 17.2. The van der Waals surface area contributed by atoms with Crippen LogP contribution in [-0.2, 0) is 23.9 Å². The average Bonchev–Trinajstić information content (AvgIpc) is 2.85. The van der Waals surface area contributed by atoms with Crippen molar-refractivity contribution in [3.8, 4) is 6.07 Å². The van der Waals surface area contributed by atoms with Gasteiger partial charge in [-0.2, -0.15) is 5.26 Å². The van der Waals surface area contributed by atoms with Gasteiger partial charge >= 0.3 is 11.9 Å². The van der Waals surface area contributed by atoms with E-state index >= 15 is 0 Å². The number of anilines is 1. The van der Waals surface area contributed by atoms with E-state index in [9.17, 15) is 24.4 Å². The molecule has 0 unspecified atom stereocenters. The number of nitriles is 1. The molecule has 0 spiro atoms. The summed E-state index contributed by atoms with van der Waals surface area (Å²) in [5.74, 6) is -4.69. The summed E-state index contributed by atoms with van der Waals surface area (Å²) in [6, 6.07) is 13.8. The van der Waals surface area contributed by atoms with Crippen molar-refractivity contribution in [2.75, 3.05) is 25.3 Å². The highest BCUT2D eigenvalue weighted by Crippen LogP contribution is 2.40. The van der Waals surface area contributed by atoms with Crippen LogP contribution < -0.4 is 10.6 Å². The minimum Gasteiger partial charge on any atom is -0.468 e. The van der Waals surface area contributed by atoms with Crippen LogP contribution in [0.3, 0.4) is 0 Å². The molecule has 2 atom stereocenters. The topological polar surface area (TPSA) is 135 Å². The van der Waals surface area contributed by atoms with E-state index in [1.807, 2.05) is 32.0 Å². The second-order valence-corrected chi connectivity index (χ2v) is 9.13. The molecule has 1 aliphatic rings. The molecule has 2 amide bonds. The molecule has 10 heteroatoms. The Hall–Kier alpha value is -4.10. The maximum absolute atomic E-state index is 12.9. The molecule has 3 rings (SSSR count). The van der Waals surface area contributed by atoms with Crippen LogP contribution >= 0.6 is 11.8 Å². The van der Waals surface area contributed by atoms with Crippen molar-refractivity contribution in [1.29, 1.82) is 5.26 Å². The third-order valence-electron chi connectivity index (χ3n) is 5.53. The number of thioether (sulfide) groups is 1. The first-order valence-corrected chi connectivity index (χ1v) is 11.9. The molecule has 1 heterocycles. The fraction of sp³-hybridized carbons (Fsp3) is 0.269. The highest BCUT2D eigenvalue weighted by molar-refractivity contribution is 8.03. The van der Waals surface area contributed by atoms with Gasteiger partial charge in [0.1, 0.15) is 5.92 Å². The van der Waals surface area contributed by atoms with Crippen LogP contribution in [-0.4, -0.2) is 43.7 Å². The predicted octanol–water partition coefficient (Wildman–Crippen LogP) is 3.20. The van der Waals surface area contributed by atoms with Crippen LogP contribution in [0.4, 0.5) is 5.69 Å². The molecule has 0 aromatic heterocycles. The van der Waals surface area contributed by atoms with Gasteiger partial charge in [0.2, 0.25) is 11.8 Å². The van der Waals surface area contributed by atoms with Crippen molar-refractivity contribution in [2.24, 2.45) is 5.92 Å². The Labute approximate surface area is 212 Å². The smallest absolute Gasteiger partial charge is 0.337 e. The molecule has 2 aromatic rings. The van der Waals surface area contributed by atoms with Gasteiger partial charge in [-0.05, 0) is 54.8 Å². The van der Waals surface area contributed by atoms with E-state index in [4.69, 9.17) is 9.47 Å². The van der Waals surface area contributed by atoms with Crippen LogP contribution in [0.2, 0.25) is 0 Å². The van der Waals surface area contributed by atoms with E-state index in [1.54, 1.807) is 12.1 Å². The number of allylic oxidation sites excluding steroid dienone is 1. The summed E-state index contributed by atoms with van der Waals surface area (Å²) in [6.07, 6.45) is 0. The van der Waals surface area contributed by atoms with Gasteiger partial charge in [0.25, 0.3) is 0 Å². The summed E-state index contributed by atoms with van der Waals surface area (Å²) >= 11 is 0.988. The normalized spacial score (nSPS) is 17.0. The number of hydrogen-bond donors (Lipinski definition) is 2. The molecule has 36 heavy (non-hydrogen) atoms. The van der Waals surface area contributed by atoms with Crippen LogP contribution in [0.15, 0.2) is 53.1 Å². The van der Waals surface area contributed by atoms with Gasteiger partial charge in [-0.15, -0.1) is 0 Å². The van der Waals surface area contributed by atoms with Crippen LogP contribution in [0.5, 0.6) is 0 Å². The molecule has 2 aromatic carbocycles. The number of hydrogen-bond acceptors (Lipinski definition) is 8. The van der Waals surface area contributed by atoms with Crippen molar-refractivity contribution in [2.45, 2.75) is 19.8 Å².